The van der Waals surface area contributed by atoms with Crippen molar-refractivity contribution >= 4 is 24.0 Å². The molecular weight excluding hydrogens is 492 g/mol. The third-order valence-corrected chi connectivity index (χ3v) is 5.57. The van der Waals surface area contributed by atoms with Gasteiger partial charge < -0.3 is 30.3 Å². The van der Waals surface area contributed by atoms with Crippen LogP contribution in [0.25, 0.3) is 0 Å². The Morgan fingerprint density at radius 1 is 1.03 bits per heavy atom. The summed E-state index contributed by atoms with van der Waals surface area (Å²) in [6, 6.07) is 12.6. The normalized spacial score (nSPS) is 13.1. The Kier molecular flexibility index (Phi) is 9.72. The molecule has 3 atom stereocenters. The number of carbonyl (C=O) groups is 4. The van der Waals surface area contributed by atoms with Gasteiger partial charge in [0.2, 0.25) is 11.8 Å². The van der Waals surface area contributed by atoms with Crippen LogP contribution in [-0.2, 0) is 16.1 Å². The summed E-state index contributed by atoms with van der Waals surface area (Å²) in [5.41, 5.74) is 2.33. The molecule has 0 fully saturated rings. The summed E-state index contributed by atoms with van der Waals surface area (Å²) in [6.07, 6.45) is -0.601. The number of hydrogen-bond donors (Lipinski definition) is 4. The zero-order valence-electron chi connectivity index (χ0n) is 21.3. The minimum absolute atomic E-state index is 0.0598. The second-order valence-corrected chi connectivity index (χ2v) is 8.78. The summed E-state index contributed by atoms with van der Waals surface area (Å²) in [5, 5.41) is 21.5. The smallest absolute Gasteiger partial charge is 0.274 e. The van der Waals surface area contributed by atoms with Crippen LogP contribution in [0, 0.1) is 13.8 Å². The fourth-order valence-electron chi connectivity index (χ4n) is 3.38. The lowest BCUT2D eigenvalue weighted by molar-refractivity contribution is -0.132. The van der Waals surface area contributed by atoms with Crippen molar-refractivity contribution in [2.24, 2.45) is 0 Å². The van der Waals surface area contributed by atoms with Crippen molar-refractivity contribution in [2.75, 3.05) is 6.61 Å². The molecule has 1 heterocycles. The molecule has 11 nitrogen and oxygen atoms in total. The number of aldehydes is 1. The molecule has 0 bridgehead atoms. The zero-order chi connectivity index (χ0) is 27.7. The SMILES string of the molecule is Cc1ccc(CNC(=O)C(COc2ccc(C=O)cc2)NC(=O)C(NC(=O)c2cc(C)on2)C(C)O)cc1. The van der Waals surface area contributed by atoms with Gasteiger partial charge in [-0.05, 0) is 50.6 Å². The molecule has 1 aromatic heterocycles. The summed E-state index contributed by atoms with van der Waals surface area (Å²) in [7, 11) is 0. The highest BCUT2D eigenvalue weighted by molar-refractivity contribution is 5.97. The van der Waals surface area contributed by atoms with Crippen molar-refractivity contribution in [3.8, 4) is 5.75 Å². The predicted molar refractivity (Wildman–Crippen MR) is 136 cm³/mol. The van der Waals surface area contributed by atoms with Crippen LogP contribution >= 0.6 is 0 Å². The number of ether oxygens (including phenoxy) is 1. The van der Waals surface area contributed by atoms with Crippen LogP contribution in [0.4, 0.5) is 0 Å². The van der Waals surface area contributed by atoms with E-state index in [1.165, 1.54) is 13.0 Å². The molecule has 38 heavy (non-hydrogen) atoms. The molecule has 0 aliphatic carbocycles. The maximum atomic E-state index is 13.1. The average molecular weight is 523 g/mol. The van der Waals surface area contributed by atoms with Gasteiger partial charge in [-0.15, -0.1) is 0 Å². The summed E-state index contributed by atoms with van der Waals surface area (Å²) in [5.74, 6) is -1.29. The Hall–Kier alpha value is -4.51. The number of nitrogens with one attached hydrogen (secondary N) is 3. The van der Waals surface area contributed by atoms with E-state index in [0.717, 1.165) is 11.1 Å². The Labute approximate surface area is 219 Å². The van der Waals surface area contributed by atoms with Crippen LogP contribution in [0.3, 0.4) is 0 Å². The van der Waals surface area contributed by atoms with Crippen molar-refractivity contribution in [1.82, 2.24) is 21.1 Å². The van der Waals surface area contributed by atoms with Gasteiger partial charge in [0.1, 0.15) is 36.5 Å². The molecular formula is C27H30N4O7. The molecule has 0 saturated carbocycles. The van der Waals surface area contributed by atoms with E-state index in [2.05, 4.69) is 21.1 Å². The molecule has 3 aromatic rings. The van der Waals surface area contributed by atoms with Gasteiger partial charge in [0.05, 0.1) is 6.10 Å². The number of amides is 3. The Balaban J connectivity index is 1.71. The molecule has 3 rings (SSSR count). The largest absolute Gasteiger partial charge is 0.491 e. The van der Waals surface area contributed by atoms with Gasteiger partial charge in [-0.1, -0.05) is 35.0 Å². The lowest BCUT2D eigenvalue weighted by atomic mass is 10.1. The number of benzene rings is 2. The van der Waals surface area contributed by atoms with Gasteiger partial charge in [0.25, 0.3) is 5.91 Å². The van der Waals surface area contributed by atoms with Crippen molar-refractivity contribution in [3.63, 3.8) is 0 Å². The second kappa shape index (κ2) is 13.2. The van der Waals surface area contributed by atoms with Crippen LogP contribution < -0.4 is 20.7 Å². The van der Waals surface area contributed by atoms with E-state index in [4.69, 9.17) is 9.26 Å². The zero-order valence-corrected chi connectivity index (χ0v) is 21.3. The van der Waals surface area contributed by atoms with Gasteiger partial charge in [-0.2, -0.15) is 0 Å². The molecule has 0 spiro atoms. The summed E-state index contributed by atoms with van der Waals surface area (Å²) in [6.45, 7) is 4.84. The van der Waals surface area contributed by atoms with Gasteiger partial charge in [0.15, 0.2) is 5.69 Å². The Morgan fingerprint density at radius 3 is 2.29 bits per heavy atom. The fraction of sp³-hybridized carbons (Fsp3) is 0.296. The Bertz CT molecular complexity index is 1250. The maximum absolute atomic E-state index is 13.1. The van der Waals surface area contributed by atoms with E-state index >= 15 is 0 Å². The molecule has 0 aliphatic rings. The lowest BCUT2D eigenvalue weighted by Gasteiger charge is -2.24. The first-order valence-corrected chi connectivity index (χ1v) is 11.9. The first-order chi connectivity index (χ1) is 18.2. The van der Waals surface area contributed by atoms with Gasteiger partial charge in [-0.3, -0.25) is 19.2 Å². The van der Waals surface area contributed by atoms with Crippen molar-refractivity contribution in [1.29, 1.82) is 0 Å². The predicted octanol–water partition coefficient (Wildman–Crippen LogP) is 1.46. The van der Waals surface area contributed by atoms with Gasteiger partial charge in [-0.25, -0.2) is 0 Å². The van der Waals surface area contributed by atoms with Crippen LogP contribution in [0.5, 0.6) is 5.75 Å². The van der Waals surface area contributed by atoms with Crippen LogP contribution in [0.15, 0.2) is 59.1 Å². The topological polar surface area (TPSA) is 160 Å². The number of aryl methyl sites for hydroxylation is 2. The van der Waals surface area contributed by atoms with Crippen molar-refractivity contribution < 1.29 is 33.5 Å². The van der Waals surface area contributed by atoms with E-state index in [0.29, 0.717) is 23.4 Å². The standard InChI is InChI=1S/C27H30N4O7/c1-16-4-6-19(7-5-16)13-28-25(34)23(15-37-21-10-8-20(14-32)9-11-21)29-27(36)24(18(3)33)30-26(35)22-12-17(2)38-31-22/h4-12,14,18,23-24,33H,13,15H2,1-3H3,(H,28,34)(H,29,36)(H,30,35). The number of hydrogen-bond acceptors (Lipinski definition) is 8. The molecule has 0 radical (unpaired) electrons. The number of aliphatic hydroxyl groups excluding tert-OH is 1. The average Bonchev–Trinajstić information content (AvgIpc) is 3.35. The maximum Gasteiger partial charge on any atom is 0.274 e. The van der Waals surface area contributed by atoms with Crippen molar-refractivity contribution in [3.05, 3.63) is 82.7 Å². The van der Waals surface area contributed by atoms with Crippen LogP contribution in [-0.4, -0.2) is 59.1 Å². The first-order valence-electron chi connectivity index (χ1n) is 11.9. The van der Waals surface area contributed by atoms with E-state index in [1.54, 1.807) is 31.2 Å². The fourth-order valence-corrected chi connectivity index (χ4v) is 3.38. The highest BCUT2D eigenvalue weighted by Gasteiger charge is 2.31. The van der Waals surface area contributed by atoms with Crippen LogP contribution in [0.2, 0.25) is 0 Å². The number of rotatable bonds is 12. The summed E-state index contributed by atoms with van der Waals surface area (Å²) >= 11 is 0. The van der Waals surface area contributed by atoms with Gasteiger partial charge in [0, 0.05) is 18.2 Å². The third kappa shape index (κ3) is 8.00. The number of nitrogens with zero attached hydrogens (tertiary/aromatic N) is 1. The molecule has 0 aliphatic heterocycles. The van der Waals surface area contributed by atoms with Crippen molar-refractivity contribution in [2.45, 2.75) is 45.5 Å². The number of aliphatic hydroxyl groups is 1. The molecule has 3 amide bonds. The summed E-state index contributed by atoms with van der Waals surface area (Å²) in [4.78, 5) is 49.5. The van der Waals surface area contributed by atoms with E-state index < -0.39 is 35.9 Å². The summed E-state index contributed by atoms with van der Waals surface area (Å²) < 4.78 is 10.6. The number of carbonyl (C=O) groups excluding carboxylic acids is 4. The quantitative estimate of drug-likeness (QED) is 0.260. The highest BCUT2D eigenvalue weighted by Crippen LogP contribution is 2.12. The Morgan fingerprint density at radius 2 is 1.71 bits per heavy atom. The molecule has 11 heteroatoms. The minimum atomic E-state index is -1.39. The monoisotopic (exact) mass is 522 g/mol. The molecule has 2 aromatic carbocycles. The second-order valence-electron chi connectivity index (χ2n) is 8.78. The first kappa shape index (κ1) is 28.1. The van der Waals surface area contributed by atoms with E-state index in [1.807, 2.05) is 31.2 Å². The molecule has 3 unspecified atom stereocenters. The van der Waals surface area contributed by atoms with Crippen LogP contribution in [0.1, 0.15) is 44.7 Å². The van der Waals surface area contributed by atoms with E-state index in [-0.39, 0.29) is 18.8 Å². The number of aromatic nitrogens is 1. The van der Waals surface area contributed by atoms with E-state index in [9.17, 15) is 24.3 Å². The molecule has 4 N–H and O–H groups in total. The third-order valence-electron chi connectivity index (χ3n) is 5.57. The lowest BCUT2D eigenvalue weighted by Crippen LogP contribution is -2.58. The van der Waals surface area contributed by atoms with Gasteiger partial charge >= 0.3 is 0 Å². The highest BCUT2D eigenvalue weighted by atomic mass is 16.5. The minimum Gasteiger partial charge on any atom is -0.491 e. The molecule has 0 saturated heterocycles. The molecule has 200 valence electrons.